The van der Waals surface area contributed by atoms with E-state index in [-0.39, 0.29) is 0 Å². The van der Waals surface area contributed by atoms with E-state index in [1.807, 2.05) is 0 Å². The van der Waals surface area contributed by atoms with E-state index < -0.39 is 0 Å². The maximum atomic E-state index is 5.76. The van der Waals surface area contributed by atoms with Crippen molar-refractivity contribution in [3.8, 4) is 0 Å². The van der Waals surface area contributed by atoms with Gasteiger partial charge in [0.05, 0.1) is 6.10 Å². The molecule has 1 aromatic rings. The summed E-state index contributed by atoms with van der Waals surface area (Å²) >= 11 is 0. The second-order valence-electron chi connectivity index (χ2n) is 7.57. The zero-order valence-corrected chi connectivity index (χ0v) is 14.6. The second-order valence-corrected chi connectivity index (χ2v) is 7.57. The molecule has 0 spiro atoms. The molecule has 2 heterocycles. The molecule has 3 aliphatic rings. The zero-order chi connectivity index (χ0) is 15.9. The summed E-state index contributed by atoms with van der Waals surface area (Å²) in [6.07, 6.45) is 4.20. The first-order chi connectivity index (χ1) is 11.2. The van der Waals surface area contributed by atoms with Crippen LogP contribution in [0.3, 0.4) is 0 Å². The minimum absolute atomic E-state index is 0.472. The number of fused-ring (bicyclic) bond motifs is 1. The van der Waals surface area contributed by atoms with E-state index in [4.69, 9.17) is 4.74 Å². The molecule has 2 unspecified atom stereocenters. The average Bonchev–Trinajstić information content (AvgIpc) is 3.18. The Hall–Kier alpha value is -1.06. The van der Waals surface area contributed by atoms with Crippen molar-refractivity contribution in [1.29, 1.82) is 0 Å². The largest absolute Gasteiger partial charge is 0.378 e. The number of likely N-dealkylation sites (tertiary alicyclic amines) is 1. The topological polar surface area (TPSA) is 15.7 Å². The van der Waals surface area contributed by atoms with Crippen LogP contribution < -0.4 is 4.90 Å². The third-order valence-electron chi connectivity index (χ3n) is 6.32. The summed E-state index contributed by atoms with van der Waals surface area (Å²) < 4.78 is 5.76. The molecule has 0 radical (unpaired) electrons. The fourth-order valence-corrected chi connectivity index (χ4v) is 4.80. The Morgan fingerprint density at radius 1 is 1.13 bits per heavy atom. The lowest BCUT2D eigenvalue weighted by atomic mass is 9.94. The van der Waals surface area contributed by atoms with Crippen LogP contribution in [0.2, 0.25) is 0 Å². The summed E-state index contributed by atoms with van der Waals surface area (Å²) in [4.78, 5) is 5.13. The first kappa shape index (κ1) is 15.5. The Bertz CT molecular complexity index is 535. The van der Waals surface area contributed by atoms with Crippen molar-refractivity contribution in [2.45, 2.75) is 44.6 Å². The number of ether oxygens (including phenoxy) is 1. The predicted molar refractivity (Wildman–Crippen MR) is 95.2 cm³/mol. The number of hydrogen-bond acceptors (Lipinski definition) is 3. The second kappa shape index (κ2) is 6.10. The number of nitrogens with zero attached hydrogens (tertiary/aromatic N) is 2. The fraction of sp³-hybridized carbons (Fsp3) is 0.700. The van der Waals surface area contributed by atoms with Gasteiger partial charge in [-0.3, -0.25) is 0 Å². The van der Waals surface area contributed by atoms with Crippen molar-refractivity contribution in [1.82, 2.24) is 4.90 Å². The summed E-state index contributed by atoms with van der Waals surface area (Å²) in [5.74, 6) is 0.912. The van der Waals surface area contributed by atoms with Crippen LogP contribution >= 0.6 is 0 Å². The van der Waals surface area contributed by atoms with Gasteiger partial charge in [-0.25, -0.2) is 0 Å². The van der Waals surface area contributed by atoms with Crippen LogP contribution in [0.15, 0.2) is 24.3 Å². The molecule has 3 fully saturated rings. The SMILES string of the molecule is CCOC1CCN(c2ccc(C34CC3CN(CC)C4)cc2)CC1. The molecule has 3 heteroatoms. The normalized spacial score (nSPS) is 31.4. The van der Waals surface area contributed by atoms with Crippen LogP contribution in [0.4, 0.5) is 5.69 Å². The minimum atomic E-state index is 0.472. The number of hydrogen-bond donors (Lipinski definition) is 0. The van der Waals surface area contributed by atoms with Gasteiger partial charge in [0.25, 0.3) is 0 Å². The molecule has 1 saturated carbocycles. The van der Waals surface area contributed by atoms with Crippen LogP contribution in [-0.2, 0) is 10.2 Å². The Morgan fingerprint density at radius 2 is 1.87 bits per heavy atom. The van der Waals surface area contributed by atoms with Crippen molar-refractivity contribution in [2.24, 2.45) is 5.92 Å². The van der Waals surface area contributed by atoms with Gasteiger partial charge in [-0.15, -0.1) is 0 Å². The van der Waals surface area contributed by atoms with Crippen molar-refractivity contribution >= 4 is 5.69 Å². The van der Waals surface area contributed by atoms with Crippen LogP contribution in [-0.4, -0.2) is 50.3 Å². The summed E-state index contributed by atoms with van der Waals surface area (Å²) in [5, 5.41) is 0. The number of rotatable bonds is 5. The van der Waals surface area contributed by atoms with E-state index in [2.05, 4.69) is 47.9 Å². The van der Waals surface area contributed by atoms with Crippen LogP contribution in [0, 0.1) is 5.92 Å². The minimum Gasteiger partial charge on any atom is -0.378 e. The first-order valence-electron chi connectivity index (χ1n) is 9.44. The van der Waals surface area contributed by atoms with Gasteiger partial charge in [0.2, 0.25) is 0 Å². The van der Waals surface area contributed by atoms with Crippen LogP contribution in [0.1, 0.15) is 38.7 Å². The standard InChI is InChI=1S/C20H30N2O/c1-3-21-14-17-13-20(17,15-21)16-5-7-18(8-6-16)22-11-9-19(10-12-22)23-4-2/h5-8,17,19H,3-4,9-15H2,1-2H3. The van der Waals surface area contributed by atoms with Gasteiger partial charge in [0.1, 0.15) is 0 Å². The Morgan fingerprint density at radius 3 is 2.48 bits per heavy atom. The highest BCUT2D eigenvalue weighted by Gasteiger charge is 2.60. The maximum absolute atomic E-state index is 5.76. The molecule has 0 N–H and O–H groups in total. The van der Waals surface area contributed by atoms with E-state index in [0.29, 0.717) is 11.5 Å². The molecular formula is C20H30N2O. The number of anilines is 1. The number of piperidine rings is 2. The van der Waals surface area contributed by atoms with E-state index in [1.165, 1.54) is 31.7 Å². The van der Waals surface area contributed by atoms with Gasteiger partial charge in [-0.05, 0) is 56.3 Å². The van der Waals surface area contributed by atoms with Gasteiger partial charge in [-0.2, -0.15) is 0 Å². The van der Waals surface area contributed by atoms with Gasteiger partial charge in [0.15, 0.2) is 0 Å². The molecular weight excluding hydrogens is 284 g/mol. The molecule has 1 aromatic carbocycles. The van der Waals surface area contributed by atoms with Gasteiger partial charge in [0, 0.05) is 43.9 Å². The summed E-state index contributed by atoms with van der Waals surface area (Å²) in [5.41, 5.74) is 3.46. The molecule has 1 aliphatic carbocycles. The highest BCUT2D eigenvalue weighted by atomic mass is 16.5. The number of likely N-dealkylation sites (N-methyl/N-ethyl adjacent to an activating group) is 1. The third-order valence-corrected chi connectivity index (χ3v) is 6.32. The molecule has 2 aliphatic heterocycles. The summed E-state index contributed by atoms with van der Waals surface area (Å²) in [6, 6.07) is 9.52. The van der Waals surface area contributed by atoms with E-state index in [0.717, 1.165) is 38.5 Å². The van der Waals surface area contributed by atoms with Crippen molar-refractivity contribution in [2.75, 3.05) is 44.2 Å². The summed E-state index contributed by atoms with van der Waals surface area (Å²) in [7, 11) is 0. The predicted octanol–water partition coefficient (Wildman–Crippen LogP) is 3.29. The smallest absolute Gasteiger partial charge is 0.0608 e. The highest BCUT2D eigenvalue weighted by molar-refractivity contribution is 5.51. The number of benzene rings is 1. The lowest BCUT2D eigenvalue weighted by molar-refractivity contribution is 0.0459. The molecule has 2 saturated heterocycles. The van der Waals surface area contributed by atoms with E-state index in [1.54, 1.807) is 5.56 Å². The lowest BCUT2D eigenvalue weighted by Crippen LogP contribution is -2.37. The Balaban J connectivity index is 1.40. The van der Waals surface area contributed by atoms with Crippen LogP contribution in [0.25, 0.3) is 0 Å². The molecule has 23 heavy (non-hydrogen) atoms. The van der Waals surface area contributed by atoms with Gasteiger partial charge >= 0.3 is 0 Å². The Kier molecular flexibility index (Phi) is 4.10. The molecule has 0 amide bonds. The molecule has 2 atom stereocenters. The van der Waals surface area contributed by atoms with Crippen molar-refractivity contribution in [3.63, 3.8) is 0 Å². The van der Waals surface area contributed by atoms with Gasteiger partial charge < -0.3 is 14.5 Å². The lowest BCUT2D eigenvalue weighted by Gasteiger charge is -2.33. The van der Waals surface area contributed by atoms with Crippen molar-refractivity contribution in [3.05, 3.63) is 29.8 Å². The third kappa shape index (κ3) is 2.78. The quantitative estimate of drug-likeness (QED) is 0.829. The maximum Gasteiger partial charge on any atom is 0.0608 e. The zero-order valence-electron chi connectivity index (χ0n) is 14.6. The Labute approximate surface area is 140 Å². The molecule has 0 aromatic heterocycles. The molecule has 126 valence electrons. The highest BCUT2D eigenvalue weighted by Crippen LogP contribution is 2.59. The fourth-order valence-electron chi connectivity index (χ4n) is 4.80. The van der Waals surface area contributed by atoms with Crippen LogP contribution in [0.5, 0.6) is 0 Å². The summed E-state index contributed by atoms with van der Waals surface area (Å²) in [6.45, 7) is 11.3. The van der Waals surface area contributed by atoms with Crippen molar-refractivity contribution < 1.29 is 4.74 Å². The first-order valence-corrected chi connectivity index (χ1v) is 9.44. The molecule has 0 bridgehead atoms. The van der Waals surface area contributed by atoms with E-state index in [9.17, 15) is 0 Å². The average molecular weight is 314 g/mol. The molecule has 3 nitrogen and oxygen atoms in total. The monoisotopic (exact) mass is 314 g/mol. The van der Waals surface area contributed by atoms with Gasteiger partial charge in [-0.1, -0.05) is 19.1 Å². The molecule has 4 rings (SSSR count). The van der Waals surface area contributed by atoms with E-state index >= 15 is 0 Å².